The summed E-state index contributed by atoms with van der Waals surface area (Å²) in [6, 6.07) is 18.2. The molecule has 2 saturated heterocycles. The van der Waals surface area contributed by atoms with Crippen molar-refractivity contribution < 1.29 is 23.7 Å². The largest absolute Gasteiger partial charge is 0.496 e. The maximum absolute atomic E-state index is 10.6. The van der Waals surface area contributed by atoms with Crippen LogP contribution in [0.15, 0.2) is 42.5 Å². The number of fused-ring (bicyclic) bond motifs is 2. The highest BCUT2D eigenvalue weighted by atomic mass is 16.7. The van der Waals surface area contributed by atoms with Gasteiger partial charge >= 0.3 is 0 Å². The van der Waals surface area contributed by atoms with E-state index >= 15 is 0 Å². The maximum atomic E-state index is 10.6. The van der Waals surface area contributed by atoms with Gasteiger partial charge < -0.3 is 23.7 Å². The Morgan fingerprint density at radius 2 is 1.50 bits per heavy atom. The lowest BCUT2D eigenvalue weighted by atomic mass is 9.52. The Labute approximate surface area is 197 Å². The summed E-state index contributed by atoms with van der Waals surface area (Å²) < 4.78 is 28.7. The topological polar surface area (TPSA) is 141 Å². The molecule has 2 fully saturated rings. The van der Waals surface area contributed by atoms with Crippen LogP contribution in [0.3, 0.4) is 0 Å². The van der Waals surface area contributed by atoms with Crippen LogP contribution in [-0.4, -0.2) is 33.0 Å². The molecule has 2 aliphatic rings. The van der Waals surface area contributed by atoms with Gasteiger partial charge in [-0.25, -0.2) is 0 Å². The first kappa shape index (κ1) is 22.9. The van der Waals surface area contributed by atoms with E-state index in [1.807, 2.05) is 12.1 Å². The van der Waals surface area contributed by atoms with Crippen LogP contribution in [0.4, 0.5) is 0 Å². The maximum Gasteiger partial charge on any atom is 0.218 e. The first-order valence-corrected chi connectivity index (χ1v) is 10.4. The third kappa shape index (κ3) is 2.70. The van der Waals surface area contributed by atoms with E-state index < -0.39 is 34.5 Å². The molecule has 0 radical (unpaired) electrons. The standard InChI is InChI=1S/C25H22N4O5/c1-23-20(15-8-6-5-7-9-15)25(14-28,22(29)34-23)24(12-26,13-27)21(33-23)19-17(31-3)10-16(30-2)11-18(19)32-4/h5-11,20-21,29H,1-4H3. The molecule has 34 heavy (non-hydrogen) atoms. The van der Waals surface area contributed by atoms with Gasteiger partial charge in [-0.3, -0.25) is 5.41 Å². The van der Waals surface area contributed by atoms with E-state index in [4.69, 9.17) is 29.1 Å². The molecule has 0 amide bonds. The highest BCUT2D eigenvalue weighted by molar-refractivity contribution is 5.90. The van der Waals surface area contributed by atoms with E-state index in [9.17, 15) is 15.8 Å². The highest BCUT2D eigenvalue weighted by Gasteiger charge is 2.80. The monoisotopic (exact) mass is 458 g/mol. The third-order valence-electron chi connectivity index (χ3n) is 6.66. The Bertz CT molecular complexity index is 1240. The molecule has 9 nitrogen and oxygen atoms in total. The SMILES string of the molecule is COc1cc(OC)c(C2OC3(C)OC(=N)C(C#N)(C3c3ccccc3)C2(C#N)C#N)c(OC)c1. The molecule has 2 aliphatic heterocycles. The van der Waals surface area contributed by atoms with Gasteiger partial charge in [-0.1, -0.05) is 30.3 Å². The predicted molar refractivity (Wildman–Crippen MR) is 118 cm³/mol. The van der Waals surface area contributed by atoms with Gasteiger partial charge in [-0.05, 0) is 5.56 Å². The van der Waals surface area contributed by atoms with Crippen molar-refractivity contribution in [2.24, 2.45) is 10.8 Å². The van der Waals surface area contributed by atoms with E-state index in [1.165, 1.54) is 21.3 Å². The van der Waals surface area contributed by atoms with Crippen molar-refractivity contribution in [1.29, 1.82) is 21.2 Å². The van der Waals surface area contributed by atoms with Gasteiger partial charge in [-0.15, -0.1) is 0 Å². The molecule has 4 atom stereocenters. The Morgan fingerprint density at radius 3 is 1.97 bits per heavy atom. The van der Waals surface area contributed by atoms with E-state index in [2.05, 4.69) is 6.07 Å². The minimum absolute atomic E-state index is 0.233. The number of nitrogens with zero attached hydrogens (tertiary/aromatic N) is 3. The second-order valence-electron chi connectivity index (χ2n) is 8.19. The van der Waals surface area contributed by atoms with Gasteiger partial charge in [0.05, 0.1) is 51.0 Å². The Kier molecular flexibility index (Phi) is 5.36. The Balaban J connectivity index is 2.08. The van der Waals surface area contributed by atoms with E-state index in [0.29, 0.717) is 11.3 Å². The molecule has 4 unspecified atom stereocenters. The van der Waals surface area contributed by atoms with Crippen LogP contribution in [0.5, 0.6) is 17.2 Å². The fourth-order valence-corrected chi connectivity index (χ4v) is 5.18. The van der Waals surface area contributed by atoms with Crippen molar-refractivity contribution in [2.75, 3.05) is 21.3 Å². The Hall–Kier alpha value is -4.26. The molecule has 0 aromatic heterocycles. The van der Waals surface area contributed by atoms with Crippen molar-refractivity contribution in [3.8, 4) is 35.5 Å². The van der Waals surface area contributed by atoms with Crippen LogP contribution in [0.1, 0.15) is 30.1 Å². The van der Waals surface area contributed by atoms with Crippen LogP contribution in [0.2, 0.25) is 0 Å². The molecule has 0 saturated carbocycles. The van der Waals surface area contributed by atoms with E-state index in [0.717, 1.165) is 0 Å². The van der Waals surface area contributed by atoms with Crippen molar-refractivity contribution in [3.05, 3.63) is 53.6 Å². The Morgan fingerprint density at radius 1 is 0.912 bits per heavy atom. The number of nitriles is 3. The highest BCUT2D eigenvalue weighted by Crippen LogP contribution is 2.70. The second-order valence-corrected chi connectivity index (χ2v) is 8.19. The number of methoxy groups -OCH3 is 3. The summed E-state index contributed by atoms with van der Waals surface area (Å²) >= 11 is 0. The molecular weight excluding hydrogens is 436 g/mol. The second kappa shape index (κ2) is 7.95. The zero-order valence-corrected chi connectivity index (χ0v) is 19.1. The number of hydrogen-bond acceptors (Lipinski definition) is 9. The molecule has 172 valence electrons. The van der Waals surface area contributed by atoms with Crippen molar-refractivity contribution in [1.82, 2.24) is 0 Å². The van der Waals surface area contributed by atoms with Crippen LogP contribution in [0, 0.1) is 50.2 Å². The molecule has 1 N–H and O–H groups in total. The first-order valence-electron chi connectivity index (χ1n) is 10.4. The molecule has 0 spiro atoms. The quantitative estimate of drug-likeness (QED) is 0.712. The number of ether oxygens (including phenoxy) is 5. The van der Waals surface area contributed by atoms with Crippen molar-refractivity contribution >= 4 is 5.90 Å². The molecule has 2 aromatic carbocycles. The summed E-state index contributed by atoms with van der Waals surface area (Å²) in [5.41, 5.74) is -3.32. The van der Waals surface area contributed by atoms with Gasteiger partial charge in [-0.2, -0.15) is 15.8 Å². The van der Waals surface area contributed by atoms with Gasteiger partial charge in [0.15, 0.2) is 5.41 Å². The molecule has 0 aliphatic carbocycles. The zero-order valence-electron chi connectivity index (χ0n) is 19.1. The van der Waals surface area contributed by atoms with Gasteiger partial charge in [0.1, 0.15) is 23.4 Å². The van der Waals surface area contributed by atoms with Crippen molar-refractivity contribution in [3.63, 3.8) is 0 Å². The summed E-state index contributed by atoms with van der Waals surface area (Å²) in [5, 5.41) is 40.3. The minimum atomic E-state index is -2.19. The van der Waals surface area contributed by atoms with Crippen LogP contribution >= 0.6 is 0 Å². The average Bonchev–Trinajstić information content (AvgIpc) is 3.05. The van der Waals surface area contributed by atoms with Crippen molar-refractivity contribution in [2.45, 2.75) is 24.7 Å². The van der Waals surface area contributed by atoms with Crippen LogP contribution in [-0.2, 0) is 9.47 Å². The fourth-order valence-electron chi connectivity index (χ4n) is 5.18. The van der Waals surface area contributed by atoms with Crippen LogP contribution in [0.25, 0.3) is 0 Å². The van der Waals surface area contributed by atoms with Gasteiger partial charge in [0.25, 0.3) is 0 Å². The number of hydrogen-bond donors (Lipinski definition) is 1. The molecule has 2 aromatic rings. The average molecular weight is 458 g/mol. The minimum Gasteiger partial charge on any atom is -0.496 e. The molecule has 2 heterocycles. The summed E-state index contributed by atoms with van der Waals surface area (Å²) in [5.74, 6) is -2.07. The molecule has 4 rings (SSSR count). The molecular formula is C25H22N4O5. The molecule has 2 bridgehead atoms. The number of nitrogens with one attached hydrogen (secondary N) is 1. The first-order chi connectivity index (χ1) is 16.3. The zero-order chi connectivity index (χ0) is 24.7. The fraction of sp³-hybridized carbons (Fsp3) is 0.360. The summed E-state index contributed by atoms with van der Waals surface area (Å²) in [4.78, 5) is 0. The number of rotatable bonds is 5. The lowest BCUT2D eigenvalue weighted by Crippen LogP contribution is -2.57. The summed E-state index contributed by atoms with van der Waals surface area (Å²) in [6.45, 7) is 1.60. The third-order valence-corrected chi connectivity index (χ3v) is 6.66. The smallest absolute Gasteiger partial charge is 0.218 e. The van der Waals surface area contributed by atoms with Crippen LogP contribution < -0.4 is 14.2 Å². The normalized spacial score (nSPS) is 28.6. The number of benzene rings is 2. The predicted octanol–water partition coefficient (Wildman–Crippen LogP) is 3.83. The summed E-state index contributed by atoms with van der Waals surface area (Å²) in [7, 11) is 4.32. The van der Waals surface area contributed by atoms with E-state index in [1.54, 1.807) is 49.4 Å². The summed E-state index contributed by atoms with van der Waals surface area (Å²) in [6.07, 6.45) is -1.36. The molecule has 9 heteroatoms. The lowest BCUT2D eigenvalue weighted by Gasteiger charge is -2.49. The lowest BCUT2D eigenvalue weighted by molar-refractivity contribution is -0.254. The van der Waals surface area contributed by atoms with Gasteiger partial charge in [0.2, 0.25) is 17.1 Å². The van der Waals surface area contributed by atoms with E-state index in [-0.39, 0.29) is 17.1 Å². The van der Waals surface area contributed by atoms with Gasteiger partial charge in [0, 0.05) is 19.1 Å².